The van der Waals surface area contributed by atoms with Crippen molar-refractivity contribution in [1.29, 1.82) is 0 Å². The largest absolute Gasteiger partial charge is 0.456 e. The van der Waals surface area contributed by atoms with Crippen LogP contribution in [-0.4, -0.2) is 6.47 Å². The van der Waals surface area contributed by atoms with Gasteiger partial charge in [0.25, 0.3) is 6.47 Å². The van der Waals surface area contributed by atoms with Gasteiger partial charge in [-0.2, -0.15) is 0 Å². The zero-order valence-electron chi connectivity index (χ0n) is 9.62. The van der Waals surface area contributed by atoms with Crippen LogP contribution >= 0.6 is 0 Å². The first-order valence-electron chi connectivity index (χ1n) is 5.37. The summed E-state index contributed by atoms with van der Waals surface area (Å²) in [6.07, 6.45) is 1.59. The van der Waals surface area contributed by atoms with E-state index in [0.29, 0.717) is 6.47 Å². The SMILES string of the molecule is CCC(CC)(OC=O)c1ccc(C)cc1. The van der Waals surface area contributed by atoms with E-state index < -0.39 is 5.60 Å². The van der Waals surface area contributed by atoms with E-state index in [1.165, 1.54) is 5.56 Å². The van der Waals surface area contributed by atoms with Crippen molar-refractivity contribution in [2.45, 2.75) is 39.2 Å². The molecule has 0 atom stereocenters. The Morgan fingerprint density at radius 1 is 1.20 bits per heavy atom. The number of hydrogen-bond acceptors (Lipinski definition) is 2. The lowest BCUT2D eigenvalue weighted by molar-refractivity contribution is -0.145. The van der Waals surface area contributed by atoms with Crippen LogP contribution in [0.15, 0.2) is 24.3 Å². The Balaban J connectivity index is 3.07. The van der Waals surface area contributed by atoms with Gasteiger partial charge in [0.05, 0.1) is 0 Å². The van der Waals surface area contributed by atoms with Crippen LogP contribution in [0.1, 0.15) is 37.8 Å². The van der Waals surface area contributed by atoms with Crippen LogP contribution in [-0.2, 0) is 15.1 Å². The average molecular weight is 206 g/mol. The van der Waals surface area contributed by atoms with Crippen LogP contribution in [0.3, 0.4) is 0 Å². The Morgan fingerprint density at radius 3 is 2.13 bits per heavy atom. The molecule has 0 aliphatic heterocycles. The van der Waals surface area contributed by atoms with E-state index in [1.54, 1.807) is 0 Å². The number of ether oxygens (including phenoxy) is 1. The highest BCUT2D eigenvalue weighted by Gasteiger charge is 2.29. The Labute approximate surface area is 91.3 Å². The van der Waals surface area contributed by atoms with E-state index in [-0.39, 0.29) is 0 Å². The summed E-state index contributed by atoms with van der Waals surface area (Å²) < 4.78 is 5.27. The molecular formula is C13H18O2. The van der Waals surface area contributed by atoms with Gasteiger partial charge in [-0.05, 0) is 25.3 Å². The van der Waals surface area contributed by atoms with Crippen LogP contribution in [0.4, 0.5) is 0 Å². The number of carbonyl (C=O) groups is 1. The summed E-state index contributed by atoms with van der Waals surface area (Å²) in [4.78, 5) is 10.6. The van der Waals surface area contributed by atoms with Crippen molar-refractivity contribution in [3.63, 3.8) is 0 Å². The minimum atomic E-state index is -0.449. The molecule has 0 amide bonds. The van der Waals surface area contributed by atoms with E-state index in [1.807, 2.05) is 45.0 Å². The molecule has 0 aliphatic rings. The molecule has 1 rings (SSSR count). The summed E-state index contributed by atoms with van der Waals surface area (Å²) in [5.41, 5.74) is 1.84. The Hall–Kier alpha value is -1.31. The maximum absolute atomic E-state index is 10.6. The topological polar surface area (TPSA) is 26.3 Å². The standard InChI is InChI=1S/C13H18O2/c1-4-13(5-2,15-10-14)12-8-6-11(3)7-9-12/h6-10H,4-5H2,1-3H3. The van der Waals surface area contributed by atoms with Crippen LogP contribution in [0.5, 0.6) is 0 Å². The minimum absolute atomic E-state index is 0.449. The van der Waals surface area contributed by atoms with Crippen LogP contribution in [0.2, 0.25) is 0 Å². The van der Waals surface area contributed by atoms with Gasteiger partial charge in [-0.25, -0.2) is 0 Å². The van der Waals surface area contributed by atoms with Gasteiger partial charge in [-0.3, -0.25) is 4.79 Å². The van der Waals surface area contributed by atoms with Gasteiger partial charge in [-0.1, -0.05) is 43.7 Å². The van der Waals surface area contributed by atoms with E-state index >= 15 is 0 Å². The van der Waals surface area contributed by atoms with Gasteiger partial charge in [0.15, 0.2) is 0 Å². The molecule has 0 spiro atoms. The summed E-state index contributed by atoms with van der Waals surface area (Å²) in [5, 5.41) is 0. The summed E-state index contributed by atoms with van der Waals surface area (Å²) >= 11 is 0. The molecule has 0 bridgehead atoms. The smallest absolute Gasteiger partial charge is 0.293 e. The van der Waals surface area contributed by atoms with Crippen molar-refractivity contribution in [3.05, 3.63) is 35.4 Å². The van der Waals surface area contributed by atoms with Gasteiger partial charge in [0, 0.05) is 0 Å². The van der Waals surface area contributed by atoms with Gasteiger partial charge in [0.2, 0.25) is 0 Å². The van der Waals surface area contributed by atoms with Crippen molar-refractivity contribution in [2.24, 2.45) is 0 Å². The zero-order valence-corrected chi connectivity index (χ0v) is 9.62. The lowest BCUT2D eigenvalue weighted by atomic mass is 9.88. The third-order valence-corrected chi connectivity index (χ3v) is 2.99. The summed E-state index contributed by atoms with van der Waals surface area (Å²) in [6.45, 7) is 6.66. The number of carbonyl (C=O) groups excluding carboxylic acids is 1. The van der Waals surface area contributed by atoms with Gasteiger partial charge < -0.3 is 4.74 Å². The third kappa shape index (κ3) is 2.38. The molecule has 2 nitrogen and oxygen atoms in total. The quantitative estimate of drug-likeness (QED) is 0.692. The predicted molar refractivity (Wildman–Crippen MR) is 60.6 cm³/mol. The molecule has 82 valence electrons. The molecule has 15 heavy (non-hydrogen) atoms. The third-order valence-electron chi connectivity index (χ3n) is 2.99. The Kier molecular flexibility index (Phi) is 3.89. The predicted octanol–water partition coefficient (Wildman–Crippen LogP) is 3.18. The molecule has 0 N–H and O–H groups in total. The van der Waals surface area contributed by atoms with Crippen molar-refractivity contribution >= 4 is 6.47 Å². The highest BCUT2D eigenvalue weighted by Crippen LogP contribution is 2.32. The second-order valence-corrected chi connectivity index (χ2v) is 3.78. The maximum Gasteiger partial charge on any atom is 0.293 e. The highest BCUT2D eigenvalue weighted by atomic mass is 16.5. The fourth-order valence-corrected chi connectivity index (χ4v) is 1.84. The Bertz CT molecular complexity index is 310. The number of rotatable bonds is 5. The molecule has 0 unspecified atom stereocenters. The average Bonchev–Trinajstić information content (AvgIpc) is 2.27. The van der Waals surface area contributed by atoms with Crippen LogP contribution in [0.25, 0.3) is 0 Å². The molecule has 0 aliphatic carbocycles. The Morgan fingerprint density at radius 2 is 1.73 bits per heavy atom. The summed E-state index contributed by atoms with van der Waals surface area (Å²) in [7, 11) is 0. The van der Waals surface area contributed by atoms with Crippen molar-refractivity contribution in [3.8, 4) is 0 Å². The van der Waals surface area contributed by atoms with Crippen molar-refractivity contribution in [2.75, 3.05) is 0 Å². The fourth-order valence-electron chi connectivity index (χ4n) is 1.84. The fraction of sp³-hybridized carbons (Fsp3) is 0.462. The molecule has 0 aromatic heterocycles. The molecular weight excluding hydrogens is 188 g/mol. The first kappa shape index (κ1) is 11.8. The van der Waals surface area contributed by atoms with Crippen LogP contribution < -0.4 is 0 Å². The number of benzene rings is 1. The lowest BCUT2D eigenvalue weighted by Crippen LogP contribution is -2.27. The van der Waals surface area contributed by atoms with Crippen LogP contribution in [0, 0.1) is 6.92 Å². The van der Waals surface area contributed by atoms with Crippen molar-refractivity contribution < 1.29 is 9.53 Å². The summed E-state index contributed by atoms with van der Waals surface area (Å²) in [6, 6.07) is 8.16. The molecule has 0 heterocycles. The molecule has 0 radical (unpaired) electrons. The first-order valence-corrected chi connectivity index (χ1v) is 5.37. The van der Waals surface area contributed by atoms with E-state index in [0.717, 1.165) is 18.4 Å². The van der Waals surface area contributed by atoms with E-state index in [2.05, 4.69) is 0 Å². The van der Waals surface area contributed by atoms with Crippen molar-refractivity contribution in [1.82, 2.24) is 0 Å². The minimum Gasteiger partial charge on any atom is -0.456 e. The van der Waals surface area contributed by atoms with Gasteiger partial charge in [-0.15, -0.1) is 0 Å². The van der Waals surface area contributed by atoms with E-state index in [9.17, 15) is 4.79 Å². The zero-order chi connectivity index (χ0) is 11.3. The normalized spacial score (nSPS) is 11.1. The molecule has 0 fully saturated rings. The maximum atomic E-state index is 10.6. The number of hydrogen-bond donors (Lipinski definition) is 0. The molecule has 0 saturated heterocycles. The second-order valence-electron chi connectivity index (χ2n) is 3.78. The number of aryl methyl sites for hydroxylation is 1. The molecule has 2 heteroatoms. The lowest BCUT2D eigenvalue weighted by Gasteiger charge is -2.30. The first-order chi connectivity index (χ1) is 7.18. The van der Waals surface area contributed by atoms with Gasteiger partial charge >= 0.3 is 0 Å². The van der Waals surface area contributed by atoms with Gasteiger partial charge in [0.1, 0.15) is 5.60 Å². The monoisotopic (exact) mass is 206 g/mol. The second kappa shape index (κ2) is 4.96. The van der Waals surface area contributed by atoms with E-state index in [4.69, 9.17) is 4.74 Å². The highest BCUT2D eigenvalue weighted by molar-refractivity contribution is 5.40. The summed E-state index contributed by atoms with van der Waals surface area (Å²) in [5.74, 6) is 0. The molecule has 1 aromatic rings. The molecule has 1 aromatic carbocycles. The molecule has 0 saturated carbocycles.